The molecule has 0 aliphatic rings. The zero-order chi connectivity index (χ0) is 37.5. The number of hydrogen-bond donors (Lipinski definition) is 0. The van der Waals surface area contributed by atoms with E-state index in [4.69, 9.17) is 23.8 Å². The van der Waals surface area contributed by atoms with Crippen LogP contribution in [0.5, 0.6) is 0 Å². The summed E-state index contributed by atoms with van der Waals surface area (Å²) in [7, 11) is 0. The fourth-order valence-electron chi connectivity index (χ4n) is 8.46. The van der Waals surface area contributed by atoms with Crippen molar-refractivity contribution in [2.24, 2.45) is 0 Å². The molecule has 12 rings (SSSR count). The SMILES string of the molecule is c1ccc(-c2nc(-c3ccccc3)nc(-c3cccc4c3oc3c(-c5ccc6oc7c(-n8c9ccccc9c9ccccc98)cccc7c6c5)cccc34)n2)cc1. The summed E-state index contributed by atoms with van der Waals surface area (Å²) in [5.74, 6) is 1.77. The number of rotatable bonds is 5. The van der Waals surface area contributed by atoms with E-state index in [0.717, 1.165) is 88.4 Å². The number of aromatic nitrogens is 4. The van der Waals surface area contributed by atoms with E-state index in [1.165, 1.54) is 10.8 Å². The molecule has 6 heteroatoms. The molecule has 0 atom stereocenters. The Balaban J connectivity index is 1.03. The Kier molecular flexibility index (Phi) is 6.83. The Bertz CT molecular complexity index is 3410. The monoisotopic (exact) mass is 730 g/mol. The largest absolute Gasteiger partial charge is 0.455 e. The molecule has 0 fully saturated rings. The molecule has 12 aromatic rings. The molecule has 8 aromatic carbocycles. The van der Waals surface area contributed by atoms with Gasteiger partial charge in [0, 0.05) is 49.0 Å². The first-order valence-corrected chi connectivity index (χ1v) is 19.0. The lowest BCUT2D eigenvalue weighted by Gasteiger charge is -2.08. The fraction of sp³-hybridized carbons (Fsp3) is 0. The number of benzene rings is 8. The minimum Gasteiger partial charge on any atom is -0.455 e. The maximum absolute atomic E-state index is 6.92. The van der Waals surface area contributed by atoms with Gasteiger partial charge in [-0.15, -0.1) is 0 Å². The second-order valence-corrected chi connectivity index (χ2v) is 14.3. The first-order chi connectivity index (χ1) is 28.3. The highest BCUT2D eigenvalue weighted by atomic mass is 16.3. The summed E-state index contributed by atoms with van der Waals surface area (Å²) < 4.78 is 16.0. The predicted octanol–water partition coefficient (Wildman–Crippen LogP) is 13.4. The molecule has 57 heavy (non-hydrogen) atoms. The molecule has 0 amide bonds. The van der Waals surface area contributed by atoms with E-state index in [9.17, 15) is 0 Å². The predicted molar refractivity (Wildman–Crippen MR) is 230 cm³/mol. The van der Waals surface area contributed by atoms with Gasteiger partial charge in [-0.05, 0) is 42.0 Å². The van der Waals surface area contributed by atoms with Gasteiger partial charge in [-0.25, -0.2) is 15.0 Å². The molecule has 0 saturated carbocycles. The molecular weight excluding hydrogens is 701 g/mol. The normalized spacial score (nSPS) is 11.9. The third-order valence-corrected chi connectivity index (χ3v) is 11.1. The first kappa shape index (κ1) is 31.5. The average molecular weight is 731 g/mol. The van der Waals surface area contributed by atoms with E-state index in [1.807, 2.05) is 72.8 Å². The van der Waals surface area contributed by atoms with Crippen LogP contribution in [0.4, 0.5) is 0 Å². The van der Waals surface area contributed by atoms with Crippen LogP contribution in [0.2, 0.25) is 0 Å². The summed E-state index contributed by atoms with van der Waals surface area (Å²) in [6.45, 7) is 0. The molecular formula is C51H30N4O2. The van der Waals surface area contributed by atoms with Crippen molar-refractivity contribution in [3.05, 3.63) is 182 Å². The molecule has 0 bridgehead atoms. The van der Waals surface area contributed by atoms with Crippen LogP contribution in [-0.4, -0.2) is 19.5 Å². The zero-order valence-electron chi connectivity index (χ0n) is 30.4. The molecule has 0 spiro atoms. The second kappa shape index (κ2) is 12.3. The molecule has 0 aliphatic heterocycles. The Labute approximate surface area is 325 Å². The Hall–Kier alpha value is -7.83. The molecule has 266 valence electrons. The molecule has 6 nitrogen and oxygen atoms in total. The lowest BCUT2D eigenvalue weighted by Crippen LogP contribution is -2.00. The minimum absolute atomic E-state index is 0.555. The van der Waals surface area contributed by atoms with Crippen LogP contribution in [0.25, 0.3) is 117 Å². The topological polar surface area (TPSA) is 69.9 Å². The van der Waals surface area contributed by atoms with E-state index in [2.05, 4.69) is 114 Å². The van der Waals surface area contributed by atoms with Gasteiger partial charge in [-0.3, -0.25) is 0 Å². The van der Waals surface area contributed by atoms with Gasteiger partial charge in [0.15, 0.2) is 23.1 Å². The molecule has 0 aliphatic carbocycles. The maximum atomic E-state index is 6.92. The lowest BCUT2D eigenvalue weighted by atomic mass is 10.00. The van der Waals surface area contributed by atoms with Crippen LogP contribution in [0, 0.1) is 0 Å². The highest BCUT2D eigenvalue weighted by molar-refractivity contribution is 6.15. The van der Waals surface area contributed by atoms with Crippen LogP contribution in [0.15, 0.2) is 191 Å². The first-order valence-electron chi connectivity index (χ1n) is 19.0. The van der Waals surface area contributed by atoms with E-state index in [-0.39, 0.29) is 0 Å². The van der Waals surface area contributed by atoms with Gasteiger partial charge >= 0.3 is 0 Å². The van der Waals surface area contributed by atoms with Crippen molar-refractivity contribution in [1.29, 1.82) is 0 Å². The third-order valence-electron chi connectivity index (χ3n) is 11.1. The lowest BCUT2D eigenvalue weighted by molar-refractivity contribution is 0.666. The quantitative estimate of drug-likeness (QED) is 0.176. The minimum atomic E-state index is 0.555. The van der Waals surface area contributed by atoms with Crippen molar-refractivity contribution < 1.29 is 8.83 Å². The summed E-state index contributed by atoms with van der Waals surface area (Å²) in [4.78, 5) is 14.9. The van der Waals surface area contributed by atoms with Gasteiger partial charge < -0.3 is 13.4 Å². The van der Waals surface area contributed by atoms with E-state index in [1.54, 1.807) is 0 Å². The van der Waals surface area contributed by atoms with Crippen molar-refractivity contribution in [1.82, 2.24) is 19.5 Å². The molecule has 0 radical (unpaired) electrons. The molecule has 4 aromatic heterocycles. The van der Waals surface area contributed by atoms with Crippen LogP contribution in [0.3, 0.4) is 0 Å². The molecule has 0 unspecified atom stereocenters. The van der Waals surface area contributed by atoms with Gasteiger partial charge in [0.25, 0.3) is 0 Å². The van der Waals surface area contributed by atoms with E-state index in [0.29, 0.717) is 17.5 Å². The van der Waals surface area contributed by atoms with Crippen LogP contribution in [0.1, 0.15) is 0 Å². The summed E-state index contributed by atoms with van der Waals surface area (Å²) >= 11 is 0. The smallest absolute Gasteiger partial charge is 0.167 e. The number of nitrogens with zero attached hydrogens (tertiary/aromatic N) is 4. The number of para-hydroxylation sites is 5. The van der Waals surface area contributed by atoms with Crippen LogP contribution in [-0.2, 0) is 0 Å². The highest BCUT2D eigenvalue weighted by Gasteiger charge is 2.21. The number of hydrogen-bond acceptors (Lipinski definition) is 5. The van der Waals surface area contributed by atoms with Crippen LogP contribution < -0.4 is 0 Å². The van der Waals surface area contributed by atoms with Crippen molar-refractivity contribution >= 4 is 65.7 Å². The third kappa shape index (κ3) is 4.87. The Morgan fingerprint density at radius 3 is 1.49 bits per heavy atom. The van der Waals surface area contributed by atoms with Crippen molar-refractivity contribution in [3.63, 3.8) is 0 Å². The Morgan fingerprint density at radius 2 is 0.842 bits per heavy atom. The summed E-state index contributed by atoms with van der Waals surface area (Å²) in [6.07, 6.45) is 0. The van der Waals surface area contributed by atoms with E-state index < -0.39 is 0 Å². The maximum Gasteiger partial charge on any atom is 0.167 e. The second-order valence-electron chi connectivity index (χ2n) is 14.3. The summed E-state index contributed by atoms with van der Waals surface area (Å²) in [5.41, 5.74) is 11.2. The van der Waals surface area contributed by atoms with Crippen molar-refractivity contribution in [2.75, 3.05) is 0 Å². The van der Waals surface area contributed by atoms with E-state index >= 15 is 0 Å². The molecule has 0 saturated heterocycles. The number of furan rings is 2. The fourth-order valence-corrected chi connectivity index (χ4v) is 8.46. The zero-order valence-corrected chi connectivity index (χ0v) is 30.4. The standard InChI is InChI=1S/C51H30N4O2/c1-3-14-31(15-4-1)49-52-50(32-16-5-2-6-17-32)54-51(53-49)40-24-12-22-38-37-21-11-20-34(46(37)57-47(38)40)33-28-29-45-41(30-33)39-23-13-27-44(48(39)56-45)55-42-25-9-7-18-35(42)36-19-8-10-26-43(36)55/h1-30H. The Morgan fingerprint density at radius 1 is 0.333 bits per heavy atom. The van der Waals surface area contributed by atoms with Gasteiger partial charge in [-0.1, -0.05) is 146 Å². The summed E-state index contributed by atoms with van der Waals surface area (Å²) in [6, 6.07) is 62.6. The van der Waals surface area contributed by atoms with Gasteiger partial charge in [0.2, 0.25) is 0 Å². The van der Waals surface area contributed by atoms with Gasteiger partial charge in [0.1, 0.15) is 16.7 Å². The van der Waals surface area contributed by atoms with Crippen molar-refractivity contribution in [3.8, 4) is 51.0 Å². The van der Waals surface area contributed by atoms with Crippen LogP contribution >= 0.6 is 0 Å². The molecule has 0 N–H and O–H groups in total. The average Bonchev–Trinajstić information content (AvgIpc) is 3.96. The molecule has 4 heterocycles. The number of fused-ring (bicyclic) bond motifs is 9. The van der Waals surface area contributed by atoms with Gasteiger partial charge in [-0.2, -0.15) is 0 Å². The van der Waals surface area contributed by atoms with Gasteiger partial charge in [0.05, 0.1) is 22.3 Å². The van der Waals surface area contributed by atoms with Crippen molar-refractivity contribution in [2.45, 2.75) is 0 Å². The highest BCUT2D eigenvalue weighted by Crippen LogP contribution is 2.43. The summed E-state index contributed by atoms with van der Waals surface area (Å²) in [5, 5.41) is 6.56.